The van der Waals surface area contributed by atoms with Crippen LogP contribution in [0.15, 0.2) is 47.4 Å². The Morgan fingerprint density at radius 3 is 2.76 bits per heavy atom. The number of nitrogens with one attached hydrogen (secondary N) is 1. The zero-order valence-electron chi connectivity index (χ0n) is 13.1. The molecule has 0 spiro atoms. The highest BCUT2D eigenvalue weighted by atomic mass is 32.2. The van der Waals surface area contributed by atoms with Gasteiger partial charge in [0.1, 0.15) is 0 Å². The van der Waals surface area contributed by atoms with Gasteiger partial charge < -0.3 is 5.32 Å². The second kappa shape index (κ2) is 7.39. The molecule has 1 heterocycles. The third kappa shape index (κ3) is 4.18. The first-order valence-electron chi connectivity index (χ1n) is 7.23. The molecule has 0 radical (unpaired) electrons. The number of benzene rings is 2. The van der Waals surface area contributed by atoms with E-state index < -0.39 is 11.6 Å². The summed E-state index contributed by atoms with van der Waals surface area (Å²) < 4.78 is 27.6. The molecule has 0 fully saturated rings. The third-order valence-corrected chi connectivity index (χ3v) is 4.28. The topological polar surface area (TPSA) is 72.7 Å². The number of thioether (sulfide) groups is 1. The third-order valence-electron chi connectivity index (χ3n) is 3.29. The van der Waals surface area contributed by atoms with Crippen LogP contribution in [0, 0.1) is 11.6 Å². The quantitative estimate of drug-likeness (QED) is 0.708. The van der Waals surface area contributed by atoms with E-state index in [1.165, 1.54) is 10.7 Å². The highest BCUT2D eigenvalue weighted by Gasteiger charge is 2.09. The molecule has 0 saturated carbocycles. The largest absolute Gasteiger partial charge is 0.325 e. The first-order valence-corrected chi connectivity index (χ1v) is 8.22. The van der Waals surface area contributed by atoms with E-state index in [2.05, 4.69) is 20.8 Å². The van der Waals surface area contributed by atoms with E-state index in [4.69, 9.17) is 0 Å². The summed E-state index contributed by atoms with van der Waals surface area (Å²) in [5, 5.41) is 14.0. The molecule has 0 unspecified atom stereocenters. The van der Waals surface area contributed by atoms with Crippen LogP contribution in [0.2, 0.25) is 0 Å². The van der Waals surface area contributed by atoms with Crippen LogP contribution in [0.4, 0.5) is 14.5 Å². The van der Waals surface area contributed by atoms with E-state index in [-0.39, 0.29) is 11.7 Å². The minimum atomic E-state index is -0.935. The van der Waals surface area contributed by atoms with Crippen molar-refractivity contribution < 1.29 is 13.6 Å². The Balaban J connectivity index is 1.63. The number of amides is 1. The average Bonchev–Trinajstić information content (AvgIpc) is 3.02. The van der Waals surface area contributed by atoms with Crippen molar-refractivity contribution >= 4 is 23.4 Å². The molecule has 128 valence electrons. The van der Waals surface area contributed by atoms with E-state index in [9.17, 15) is 13.6 Å². The van der Waals surface area contributed by atoms with Gasteiger partial charge in [-0.15, -0.1) is 16.9 Å². The lowest BCUT2D eigenvalue weighted by Gasteiger charge is -2.07. The number of anilines is 1. The summed E-state index contributed by atoms with van der Waals surface area (Å²) in [4.78, 5) is 12.5. The first-order chi connectivity index (χ1) is 12.0. The monoisotopic (exact) mass is 361 g/mol. The van der Waals surface area contributed by atoms with Crippen molar-refractivity contribution in [2.75, 3.05) is 11.1 Å². The van der Waals surface area contributed by atoms with Crippen LogP contribution in [0.3, 0.4) is 0 Å². The molecular weight excluding hydrogens is 348 g/mol. The van der Waals surface area contributed by atoms with Gasteiger partial charge in [-0.2, -0.15) is 0 Å². The molecule has 0 aliphatic rings. The highest BCUT2D eigenvalue weighted by molar-refractivity contribution is 8.00. The van der Waals surface area contributed by atoms with E-state index in [0.29, 0.717) is 16.4 Å². The van der Waals surface area contributed by atoms with Crippen molar-refractivity contribution in [3.05, 3.63) is 54.1 Å². The molecule has 2 aromatic carbocycles. The molecular formula is C16H13F2N5OS. The maximum absolute atomic E-state index is 13.2. The van der Waals surface area contributed by atoms with Gasteiger partial charge in [-0.3, -0.25) is 4.79 Å². The molecule has 1 N–H and O–H groups in total. The van der Waals surface area contributed by atoms with Gasteiger partial charge in [-0.1, -0.05) is 12.1 Å². The Hall–Kier alpha value is -2.81. The number of nitrogens with zero attached hydrogens (tertiary/aromatic N) is 4. The van der Waals surface area contributed by atoms with Crippen LogP contribution in [-0.4, -0.2) is 31.9 Å². The predicted molar refractivity (Wildman–Crippen MR) is 89.9 cm³/mol. The fourth-order valence-electron chi connectivity index (χ4n) is 2.12. The Morgan fingerprint density at radius 2 is 2.04 bits per heavy atom. The summed E-state index contributed by atoms with van der Waals surface area (Å²) in [5.41, 5.74) is 1.36. The van der Waals surface area contributed by atoms with E-state index >= 15 is 0 Å². The minimum Gasteiger partial charge on any atom is -0.325 e. The van der Waals surface area contributed by atoms with Gasteiger partial charge in [0.05, 0.1) is 5.75 Å². The molecule has 0 saturated heterocycles. The van der Waals surface area contributed by atoms with Crippen LogP contribution in [-0.2, 0) is 11.8 Å². The van der Waals surface area contributed by atoms with Crippen molar-refractivity contribution in [1.82, 2.24) is 20.2 Å². The lowest BCUT2D eigenvalue weighted by atomic mass is 10.2. The second-order valence-corrected chi connectivity index (χ2v) is 6.17. The summed E-state index contributed by atoms with van der Waals surface area (Å²) in [6.07, 6.45) is 0. The lowest BCUT2D eigenvalue weighted by Crippen LogP contribution is -2.14. The number of carbonyl (C=O) groups is 1. The smallest absolute Gasteiger partial charge is 0.234 e. The number of carbonyl (C=O) groups excluding carboxylic acids is 1. The van der Waals surface area contributed by atoms with Crippen LogP contribution in [0.1, 0.15) is 0 Å². The molecule has 1 amide bonds. The lowest BCUT2D eigenvalue weighted by molar-refractivity contribution is -0.113. The summed E-state index contributed by atoms with van der Waals surface area (Å²) in [6.45, 7) is 0. The molecule has 1 aromatic heterocycles. The number of halogens is 2. The van der Waals surface area contributed by atoms with E-state index in [1.807, 2.05) is 6.07 Å². The average molecular weight is 361 g/mol. The fourth-order valence-corrected chi connectivity index (χ4v) is 2.84. The van der Waals surface area contributed by atoms with Crippen LogP contribution in [0.25, 0.3) is 11.4 Å². The number of tetrazole rings is 1. The van der Waals surface area contributed by atoms with Gasteiger partial charge in [0.25, 0.3) is 0 Å². The zero-order chi connectivity index (χ0) is 17.8. The van der Waals surface area contributed by atoms with Crippen molar-refractivity contribution in [2.45, 2.75) is 4.90 Å². The summed E-state index contributed by atoms with van der Waals surface area (Å²) in [6, 6.07) is 10.6. The summed E-state index contributed by atoms with van der Waals surface area (Å²) >= 11 is 1.12. The maximum Gasteiger partial charge on any atom is 0.234 e. The molecule has 0 aliphatic heterocycles. The number of rotatable bonds is 5. The summed E-state index contributed by atoms with van der Waals surface area (Å²) in [5.74, 6) is -1.46. The van der Waals surface area contributed by atoms with Crippen molar-refractivity contribution in [1.29, 1.82) is 0 Å². The SMILES string of the molecule is Cn1nnnc1-c1cccc(NC(=O)CSc2ccc(F)c(F)c2)c1. The summed E-state index contributed by atoms with van der Waals surface area (Å²) in [7, 11) is 1.72. The van der Waals surface area contributed by atoms with Crippen LogP contribution < -0.4 is 5.32 Å². The molecule has 6 nitrogen and oxygen atoms in total. The number of hydrogen-bond donors (Lipinski definition) is 1. The van der Waals surface area contributed by atoms with E-state index in [0.717, 1.165) is 29.5 Å². The minimum absolute atomic E-state index is 0.0703. The Morgan fingerprint density at radius 1 is 1.20 bits per heavy atom. The Bertz CT molecular complexity index is 915. The molecule has 0 aliphatic carbocycles. The first kappa shape index (κ1) is 17.0. The Labute approximate surface area is 146 Å². The van der Waals surface area contributed by atoms with Gasteiger partial charge in [0.2, 0.25) is 5.91 Å². The van der Waals surface area contributed by atoms with Crippen LogP contribution >= 0.6 is 11.8 Å². The van der Waals surface area contributed by atoms with E-state index in [1.54, 1.807) is 25.2 Å². The normalized spacial score (nSPS) is 10.7. The van der Waals surface area contributed by atoms with Gasteiger partial charge in [-0.25, -0.2) is 13.5 Å². The van der Waals surface area contributed by atoms with Gasteiger partial charge in [0, 0.05) is 23.2 Å². The Kier molecular flexibility index (Phi) is 5.03. The standard InChI is InChI=1S/C16H13F2N5OS/c1-23-16(20-21-22-23)10-3-2-4-11(7-10)19-15(24)9-25-12-5-6-13(17)14(18)8-12/h2-8H,9H2,1H3,(H,19,24). The second-order valence-electron chi connectivity index (χ2n) is 5.12. The van der Waals surface area contributed by atoms with Crippen molar-refractivity contribution in [3.8, 4) is 11.4 Å². The number of aryl methyl sites for hydroxylation is 1. The fraction of sp³-hybridized carbons (Fsp3) is 0.125. The number of aromatic nitrogens is 4. The molecule has 0 bridgehead atoms. The van der Waals surface area contributed by atoms with Gasteiger partial charge in [0.15, 0.2) is 17.5 Å². The predicted octanol–water partition coefficient (Wildman–Crippen LogP) is 2.89. The zero-order valence-corrected chi connectivity index (χ0v) is 13.9. The van der Waals surface area contributed by atoms with Crippen LogP contribution in [0.5, 0.6) is 0 Å². The highest BCUT2D eigenvalue weighted by Crippen LogP contribution is 2.22. The number of hydrogen-bond acceptors (Lipinski definition) is 5. The van der Waals surface area contributed by atoms with Crippen molar-refractivity contribution in [3.63, 3.8) is 0 Å². The van der Waals surface area contributed by atoms with Crippen molar-refractivity contribution in [2.24, 2.45) is 7.05 Å². The molecule has 0 atom stereocenters. The molecule has 3 rings (SSSR count). The van der Waals surface area contributed by atoms with Gasteiger partial charge in [-0.05, 0) is 40.8 Å². The molecule has 3 aromatic rings. The van der Waals surface area contributed by atoms with Gasteiger partial charge >= 0.3 is 0 Å². The maximum atomic E-state index is 13.2. The molecule has 25 heavy (non-hydrogen) atoms. The molecule has 9 heteroatoms.